The average Bonchev–Trinajstić information content (AvgIpc) is 3.52. The van der Waals surface area contributed by atoms with Crippen LogP contribution in [0.4, 0.5) is 15.8 Å². The van der Waals surface area contributed by atoms with E-state index >= 15 is 4.39 Å². The second kappa shape index (κ2) is 11.3. The molecular weight excluding hydrogens is 553 g/mol. The van der Waals surface area contributed by atoms with Gasteiger partial charge >= 0.3 is 0 Å². The number of likely N-dealkylation sites (tertiary alicyclic amines) is 2. The first-order valence-electron chi connectivity index (χ1n) is 14.0. The van der Waals surface area contributed by atoms with Crippen molar-refractivity contribution < 1.29 is 23.5 Å². The lowest BCUT2D eigenvalue weighted by Gasteiger charge is -2.45. The van der Waals surface area contributed by atoms with Crippen molar-refractivity contribution in [3.05, 3.63) is 67.6 Å². The number of nitrogens with one attached hydrogen (secondary N) is 1. The molecule has 4 heterocycles. The summed E-state index contributed by atoms with van der Waals surface area (Å²) in [6.07, 6.45) is 7.84. The summed E-state index contributed by atoms with van der Waals surface area (Å²) < 4.78 is 27.7. The minimum Gasteiger partial charge on any atom is -0.497 e. The smallest absolute Gasteiger partial charge is 0.264 e. The summed E-state index contributed by atoms with van der Waals surface area (Å²) >= 11 is 0. The van der Waals surface area contributed by atoms with Crippen LogP contribution in [0.25, 0.3) is 22.3 Å². The van der Waals surface area contributed by atoms with E-state index in [2.05, 4.69) is 22.0 Å². The number of nitrogens with zero attached hydrogens (tertiary/aromatic N) is 6. The number of anilines is 2. The van der Waals surface area contributed by atoms with E-state index in [9.17, 15) is 9.59 Å². The zero-order valence-corrected chi connectivity index (χ0v) is 24.0. The number of fused-ring (bicyclic) bond motifs is 1. The minimum atomic E-state index is -2.02. The minimum absolute atomic E-state index is 0.0673. The molecule has 11 nitrogen and oxygen atoms in total. The molecule has 6 rings (SSSR count). The number of amides is 2. The Morgan fingerprint density at radius 3 is 2.40 bits per heavy atom. The van der Waals surface area contributed by atoms with Crippen molar-refractivity contribution in [3.8, 4) is 22.8 Å². The van der Waals surface area contributed by atoms with E-state index in [0.717, 1.165) is 34.0 Å². The van der Waals surface area contributed by atoms with Crippen molar-refractivity contribution in [1.82, 2.24) is 29.5 Å². The molecule has 2 aliphatic rings. The van der Waals surface area contributed by atoms with Gasteiger partial charge in [-0.1, -0.05) is 6.58 Å². The number of methoxy groups -OCH3 is 2. The second-order valence-corrected chi connectivity index (χ2v) is 10.8. The fourth-order valence-electron chi connectivity index (χ4n) is 5.54. The van der Waals surface area contributed by atoms with Gasteiger partial charge < -0.3 is 24.6 Å². The van der Waals surface area contributed by atoms with Crippen LogP contribution in [0, 0.1) is 0 Å². The largest absolute Gasteiger partial charge is 0.497 e. The van der Waals surface area contributed by atoms with Crippen molar-refractivity contribution in [2.75, 3.05) is 45.7 Å². The normalized spacial score (nSPS) is 16.4. The molecule has 0 spiro atoms. The van der Waals surface area contributed by atoms with Gasteiger partial charge in [0.15, 0.2) is 0 Å². The van der Waals surface area contributed by atoms with Gasteiger partial charge in [0.2, 0.25) is 11.6 Å². The molecule has 2 aromatic heterocycles. The fraction of sp³-hybridized carbons (Fsp3) is 0.323. The maximum atomic E-state index is 15.1. The van der Waals surface area contributed by atoms with Crippen LogP contribution in [0.15, 0.2) is 67.6 Å². The first kappa shape index (κ1) is 28.1. The summed E-state index contributed by atoms with van der Waals surface area (Å²) in [6.45, 7) is 3.81. The van der Waals surface area contributed by atoms with Crippen LogP contribution in [0.1, 0.15) is 18.9 Å². The third kappa shape index (κ3) is 5.60. The lowest BCUT2D eigenvalue weighted by molar-refractivity contribution is -0.162. The fourth-order valence-corrected chi connectivity index (χ4v) is 5.54. The van der Waals surface area contributed by atoms with Crippen LogP contribution < -0.4 is 14.8 Å². The highest BCUT2D eigenvalue weighted by Crippen LogP contribution is 2.32. The third-order valence-electron chi connectivity index (χ3n) is 7.96. The van der Waals surface area contributed by atoms with E-state index < -0.39 is 11.6 Å². The highest BCUT2D eigenvalue weighted by Gasteiger charge is 2.53. The molecule has 1 N–H and O–H groups in total. The highest BCUT2D eigenvalue weighted by molar-refractivity contribution is 5.93. The van der Waals surface area contributed by atoms with E-state index in [1.807, 2.05) is 47.3 Å². The number of hydrogen-bond acceptors (Lipinski definition) is 8. The predicted molar refractivity (Wildman–Crippen MR) is 159 cm³/mol. The summed E-state index contributed by atoms with van der Waals surface area (Å²) in [4.78, 5) is 36.8. The number of benzene rings is 2. The molecule has 0 bridgehead atoms. The maximum Gasteiger partial charge on any atom is 0.264 e. The first-order chi connectivity index (χ1) is 20.8. The molecular formula is C31H32FN7O4. The molecule has 2 fully saturated rings. The zero-order chi connectivity index (χ0) is 30.1. The van der Waals surface area contributed by atoms with Crippen LogP contribution in [-0.4, -0.2) is 87.4 Å². The molecule has 0 saturated carbocycles. The number of ether oxygens (including phenoxy) is 2. The Bertz CT molecular complexity index is 1670. The van der Waals surface area contributed by atoms with E-state index in [4.69, 9.17) is 14.5 Å². The Balaban J connectivity index is 1.11. The Labute approximate surface area is 247 Å². The Morgan fingerprint density at radius 1 is 1.00 bits per heavy atom. The van der Waals surface area contributed by atoms with Gasteiger partial charge in [-0.05, 0) is 37.1 Å². The van der Waals surface area contributed by atoms with E-state index in [1.165, 1.54) is 4.90 Å². The Hall–Kier alpha value is -5.00. The molecule has 0 atom stereocenters. The Morgan fingerprint density at radius 2 is 1.72 bits per heavy atom. The summed E-state index contributed by atoms with van der Waals surface area (Å²) in [5.74, 6) is 0.441. The lowest BCUT2D eigenvalue weighted by atomic mass is 9.92. The molecule has 222 valence electrons. The lowest BCUT2D eigenvalue weighted by Crippen LogP contribution is -2.68. The third-order valence-corrected chi connectivity index (χ3v) is 7.96. The maximum absolute atomic E-state index is 15.1. The summed E-state index contributed by atoms with van der Waals surface area (Å²) in [5.41, 5.74) is 2.63. The number of carbonyl (C=O) groups is 2. The molecule has 2 amide bonds. The van der Waals surface area contributed by atoms with E-state index in [1.54, 1.807) is 31.5 Å². The number of alkyl halides is 1. The average molecular weight is 586 g/mol. The van der Waals surface area contributed by atoms with Crippen molar-refractivity contribution in [1.29, 1.82) is 0 Å². The van der Waals surface area contributed by atoms with Gasteiger partial charge in [-0.25, -0.2) is 9.37 Å². The number of rotatable bonds is 8. The molecule has 0 aliphatic carbocycles. The highest BCUT2D eigenvalue weighted by atomic mass is 19.1. The van der Waals surface area contributed by atoms with Crippen molar-refractivity contribution in [3.63, 3.8) is 0 Å². The molecule has 2 aliphatic heterocycles. The zero-order valence-electron chi connectivity index (χ0n) is 24.0. The molecule has 0 unspecified atom stereocenters. The van der Waals surface area contributed by atoms with Gasteiger partial charge in [0, 0.05) is 54.4 Å². The van der Waals surface area contributed by atoms with Crippen LogP contribution in [-0.2, 0) is 9.59 Å². The number of hydrogen-bond donors (Lipinski definition) is 1. The Kier molecular flexibility index (Phi) is 7.43. The second-order valence-electron chi connectivity index (χ2n) is 10.8. The molecule has 43 heavy (non-hydrogen) atoms. The number of carbonyl (C=O) groups excluding carboxylic acids is 2. The van der Waals surface area contributed by atoms with Crippen LogP contribution >= 0.6 is 0 Å². The molecule has 12 heteroatoms. The van der Waals surface area contributed by atoms with E-state index in [-0.39, 0.29) is 25.0 Å². The van der Waals surface area contributed by atoms with Crippen molar-refractivity contribution in [2.45, 2.75) is 24.6 Å². The van der Waals surface area contributed by atoms with Crippen molar-refractivity contribution in [2.24, 2.45) is 0 Å². The van der Waals surface area contributed by atoms with Gasteiger partial charge in [-0.3, -0.25) is 19.3 Å². The predicted octanol–water partition coefficient (Wildman–Crippen LogP) is 4.15. The van der Waals surface area contributed by atoms with Gasteiger partial charge in [0.05, 0.1) is 62.5 Å². The first-order valence-corrected chi connectivity index (χ1v) is 14.0. The summed E-state index contributed by atoms with van der Waals surface area (Å²) in [7, 11) is 3.22. The number of aromatic nitrogens is 4. The van der Waals surface area contributed by atoms with Crippen LogP contribution in [0.5, 0.6) is 11.5 Å². The summed E-state index contributed by atoms with van der Waals surface area (Å²) in [5, 5.41) is 7.94. The van der Waals surface area contributed by atoms with Crippen molar-refractivity contribution >= 4 is 34.2 Å². The number of piperidine rings is 1. The van der Waals surface area contributed by atoms with Gasteiger partial charge in [-0.2, -0.15) is 5.10 Å². The molecule has 2 saturated heterocycles. The quantitative estimate of drug-likeness (QED) is 0.307. The molecule has 2 aromatic carbocycles. The van der Waals surface area contributed by atoms with Gasteiger partial charge in [0.25, 0.3) is 5.91 Å². The van der Waals surface area contributed by atoms with E-state index in [0.29, 0.717) is 43.1 Å². The standard InChI is InChI=1S/C31H32FN7O4/c1-4-29(40)38-18-31(32,19-38)30(41)37-9-7-23(8-10-37)39-17-20(15-34-39)28-16-33-26-6-5-21(13-27(26)36-28)35-22-11-24(42-2)14-25(12-22)43-3/h4-6,11-17,23,35H,1,7-10,18-19H2,2-3H3. The van der Waals surface area contributed by atoms with Gasteiger partial charge in [-0.15, -0.1) is 0 Å². The van der Waals surface area contributed by atoms with Gasteiger partial charge in [0.1, 0.15) is 11.5 Å². The monoisotopic (exact) mass is 585 g/mol. The summed E-state index contributed by atoms with van der Waals surface area (Å²) in [6, 6.07) is 11.4. The molecule has 4 aromatic rings. The SMILES string of the molecule is C=CC(=O)N1CC(F)(C(=O)N2CCC(n3cc(-c4cnc5ccc(Nc6cc(OC)cc(OC)c6)cc5n4)cn3)CC2)C1. The number of halogens is 1. The molecule has 0 radical (unpaired) electrons. The van der Waals surface area contributed by atoms with Crippen LogP contribution in [0.3, 0.4) is 0 Å². The van der Waals surface area contributed by atoms with Crippen LogP contribution in [0.2, 0.25) is 0 Å². The topological polar surface area (TPSA) is 115 Å².